The van der Waals surface area contributed by atoms with E-state index in [0.717, 1.165) is 4.47 Å². The molecule has 0 atom stereocenters. The van der Waals surface area contributed by atoms with Crippen LogP contribution >= 0.6 is 15.9 Å². The van der Waals surface area contributed by atoms with Crippen LogP contribution in [0.5, 0.6) is 0 Å². The zero-order valence-electron chi connectivity index (χ0n) is 13.8. The minimum Gasteiger partial charge on any atom is -0.280 e. The number of nitrogens with one attached hydrogen (secondary N) is 2. The van der Waals surface area contributed by atoms with E-state index in [-0.39, 0.29) is 15.5 Å². The lowest BCUT2D eigenvalue weighted by Crippen LogP contribution is -2.14. The molecular weight excluding hydrogens is 452 g/mol. The van der Waals surface area contributed by atoms with Gasteiger partial charge in [-0.1, -0.05) is 34.1 Å². The topological polar surface area (TPSA) is 92.3 Å². The smallest absolute Gasteiger partial charge is 0.261 e. The first-order valence-corrected chi connectivity index (χ1v) is 11.5. The Bertz CT molecular complexity index is 1130. The number of para-hydroxylation sites is 1. The molecule has 2 N–H and O–H groups in total. The van der Waals surface area contributed by atoms with Gasteiger partial charge >= 0.3 is 0 Å². The summed E-state index contributed by atoms with van der Waals surface area (Å²) in [5.41, 5.74) is 0.703. The Balaban J connectivity index is 1.78. The third kappa shape index (κ3) is 4.88. The maximum absolute atomic E-state index is 12.4. The molecule has 0 radical (unpaired) electrons. The largest absolute Gasteiger partial charge is 0.280 e. The van der Waals surface area contributed by atoms with Crippen molar-refractivity contribution in [1.29, 1.82) is 0 Å². The predicted octanol–water partition coefficient (Wildman–Crippen LogP) is 4.05. The molecule has 9 heteroatoms. The van der Waals surface area contributed by atoms with Gasteiger partial charge in [-0.3, -0.25) is 9.44 Å². The number of hydrogen-bond donors (Lipinski definition) is 2. The summed E-state index contributed by atoms with van der Waals surface area (Å²) in [6.07, 6.45) is 0. The van der Waals surface area contributed by atoms with Crippen molar-refractivity contribution < 1.29 is 16.8 Å². The zero-order valence-corrected chi connectivity index (χ0v) is 17.1. The molecule has 0 aliphatic carbocycles. The van der Waals surface area contributed by atoms with Crippen LogP contribution < -0.4 is 9.44 Å². The maximum atomic E-state index is 12.4. The highest BCUT2D eigenvalue weighted by molar-refractivity contribution is 9.10. The quantitative estimate of drug-likeness (QED) is 0.572. The van der Waals surface area contributed by atoms with Gasteiger partial charge in [0.25, 0.3) is 20.0 Å². The highest BCUT2D eigenvalue weighted by Crippen LogP contribution is 2.21. The van der Waals surface area contributed by atoms with E-state index in [1.165, 1.54) is 36.4 Å². The molecule has 0 spiro atoms. The molecule has 0 heterocycles. The van der Waals surface area contributed by atoms with Crippen LogP contribution in [0, 0.1) is 0 Å². The average Bonchev–Trinajstić information content (AvgIpc) is 2.63. The number of halogens is 1. The Morgan fingerprint density at radius 2 is 0.963 bits per heavy atom. The summed E-state index contributed by atoms with van der Waals surface area (Å²) in [6.45, 7) is 0. The van der Waals surface area contributed by atoms with Crippen LogP contribution in [-0.2, 0) is 20.0 Å². The number of anilines is 2. The average molecular weight is 467 g/mol. The fourth-order valence-corrected chi connectivity index (χ4v) is 4.63. The molecule has 3 aromatic carbocycles. The van der Waals surface area contributed by atoms with Crippen molar-refractivity contribution in [2.45, 2.75) is 9.79 Å². The zero-order chi connectivity index (χ0) is 19.5. The SMILES string of the molecule is O=S(=O)(Nc1ccc(S(=O)(=O)Nc2ccccc2)cc1)c1ccc(Br)cc1. The molecule has 0 aromatic heterocycles. The number of rotatable bonds is 6. The number of sulfonamides is 2. The summed E-state index contributed by atoms with van der Waals surface area (Å²) in [7, 11) is -7.53. The van der Waals surface area contributed by atoms with Crippen molar-refractivity contribution >= 4 is 47.4 Å². The second-order valence-electron chi connectivity index (χ2n) is 5.56. The molecule has 6 nitrogen and oxygen atoms in total. The lowest BCUT2D eigenvalue weighted by molar-refractivity contribution is 0.600. The Morgan fingerprint density at radius 1 is 0.556 bits per heavy atom. The van der Waals surface area contributed by atoms with Crippen molar-refractivity contribution in [2.24, 2.45) is 0 Å². The third-order valence-corrected chi connectivity index (χ3v) is 6.89. The van der Waals surface area contributed by atoms with Crippen molar-refractivity contribution in [3.63, 3.8) is 0 Å². The standard InChI is InChI=1S/C18H15BrN2O4S2/c19-14-6-10-17(11-7-14)26(22,23)21-16-8-12-18(13-9-16)27(24,25)20-15-4-2-1-3-5-15/h1-13,20-21H. The highest BCUT2D eigenvalue weighted by atomic mass is 79.9. The van der Waals surface area contributed by atoms with E-state index in [1.807, 2.05) is 0 Å². The van der Waals surface area contributed by atoms with Crippen molar-refractivity contribution in [3.8, 4) is 0 Å². The first-order valence-electron chi connectivity index (χ1n) is 7.73. The molecular formula is C18H15BrN2O4S2. The summed E-state index contributed by atoms with van der Waals surface area (Å²) < 4.78 is 55.2. The van der Waals surface area contributed by atoms with Crippen molar-refractivity contribution in [3.05, 3.63) is 83.3 Å². The Labute approximate surface area is 166 Å². The lowest BCUT2D eigenvalue weighted by Gasteiger charge is -2.10. The van der Waals surface area contributed by atoms with Gasteiger partial charge in [0.05, 0.1) is 9.79 Å². The molecule has 0 fully saturated rings. The van der Waals surface area contributed by atoms with Gasteiger partial charge in [-0.05, 0) is 60.7 Å². The van der Waals surface area contributed by atoms with E-state index in [9.17, 15) is 16.8 Å². The predicted molar refractivity (Wildman–Crippen MR) is 109 cm³/mol. The summed E-state index contributed by atoms with van der Waals surface area (Å²) in [5, 5.41) is 0. The molecule has 0 bridgehead atoms. The van der Waals surface area contributed by atoms with E-state index in [2.05, 4.69) is 25.4 Å². The monoisotopic (exact) mass is 466 g/mol. The van der Waals surface area contributed by atoms with Gasteiger partial charge < -0.3 is 0 Å². The van der Waals surface area contributed by atoms with E-state index in [4.69, 9.17) is 0 Å². The van der Waals surface area contributed by atoms with E-state index >= 15 is 0 Å². The molecule has 0 saturated carbocycles. The molecule has 0 aliphatic heterocycles. The normalized spacial score (nSPS) is 11.7. The van der Waals surface area contributed by atoms with Gasteiger partial charge in [0.15, 0.2) is 0 Å². The summed E-state index contributed by atoms with van der Waals surface area (Å²) in [4.78, 5) is 0.131. The molecule has 140 valence electrons. The molecule has 0 unspecified atom stereocenters. The lowest BCUT2D eigenvalue weighted by atomic mass is 10.3. The highest BCUT2D eigenvalue weighted by Gasteiger charge is 2.16. The van der Waals surface area contributed by atoms with Gasteiger partial charge in [0, 0.05) is 15.8 Å². The molecule has 0 amide bonds. The van der Waals surface area contributed by atoms with Gasteiger partial charge in [-0.25, -0.2) is 16.8 Å². The minimum atomic E-state index is -3.76. The molecule has 3 aromatic rings. The summed E-state index contributed by atoms with van der Waals surface area (Å²) in [6, 6.07) is 20.2. The van der Waals surface area contributed by atoms with Gasteiger partial charge in [-0.15, -0.1) is 0 Å². The summed E-state index contributed by atoms with van der Waals surface area (Å²) in [5.74, 6) is 0. The summed E-state index contributed by atoms with van der Waals surface area (Å²) >= 11 is 3.25. The van der Waals surface area contributed by atoms with Crippen LogP contribution in [0.3, 0.4) is 0 Å². The Hall–Kier alpha value is -2.36. The van der Waals surface area contributed by atoms with Crippen molar-refractivity contribution in [2.75, 3.05) is 9.44 Å². The van der Waals surface area contributed by atoms with Crippen LogP contribution in [0.2, 0.25) is 0 Å². The second-order valence-corrected chi connectivity index (χ2v) is 9.84. The minimum absolute atomic E-state index is 0.0259. The first-order chi connectivity index (χ1) is 12.8. The van der Waals surface area contributed by atoms with E-state index in [0.29, 0.717) is 5.69 Å². The maximum Gasteiger partial charge on any atom is 0.261 e. The van der Waals surface area contributed by atoms with E-state index in [1.54, 1.807) is 42.5 Å². The molecule has 0 saturated heterocycles. The molecule has 27 heavy (non-hydrogen) atoms. The fourth-order valence-electron chi connectivity index (χ4n) is 2.25. The van der Waals surface area contributed by atoms with Crippen LogP contribution in [0.25, 0.3) is 0 Å². The Morgan fingerprint density at radius 3 is 1.44 bits per heavy atom. The van der Waals surface area contributed by atoms with Gasteiger partial charge in [0.2, 0.25) is 0 Å². The van der Waals surface area contributed by atoms with Gasteiger partial charge in [-0.2, -0.15) is 0 Å². The second kappa shape index (κ2) is 7.71. The van der Waals surface area contributed by atoms with Crippen LogP contribution in [0.4, 0.5) is 11.4 Å². The molecule has 3 rings (SSSR count). The Kier molecular flexibility index (Phi) is 5.54. The van der Waals surface area contributed by atoms with Crippen LogP contribution in [0.15, 0.2) is 93.1 Å². The first kappa shape index (κ1) is 19.4. The van der Waals surface area contributed by atoms with E-state index < -0.39 is 20.0 Å². The number of benzene rings is 3. The van der Waals surface area contributed by atoms with Gasteiger partial charge in [0.1, 0.15) is 0 Å². The third-order valence-electron chi connectivity index (χ3n) is 3.57. The number of hydrogen-bond acceptors (Lipinski definition) is 4. The van der Waals surface area contributed by atoms with Crippen LogP contribution in [0.1, 0.15) is 0 Å². The van der Waals surface area contributed by atoms with Crippen LogP contribution in [-0.4, -0.2) is 16.8 Å². The molecule has 0 aliphatic rings. The fraction of sp³-hybridized carbons (Fsp3) is 0. The van der Waals surface area contributed by atoms with Crippen molar-refractivity contribution in [1.82, 2.24) is 0 Å².